The Morgan fingerprint density at radius 1 is 1.20 bits per heavy atom. The summed E-state index contributed by atoms with van der Waals surface area (Å²) in [4.78, 5) is 46.2. The summed E-state index contributed by atoms with van der Waals surface area (Å²) in [5.74, 6) is -0.581. The highest BCUT2D eigenvalue weighted by Gasteiger charge is 2.38. The second kappa shape index (κ2) is 14.9. The van der Waals surface area contributed by atoms with E-state index >= 15 is 0 Å². The van der Waals surface area contributed by atoms with Crippen molar-refractivity contribution in [2.75, 3.05) is 37.7 Å². The Morgan fingerprint density at radius 3 is 2.54 bits per heavy atom. The molecule has 1 aromatic carbocycles. The van der Waals surface area contributed by atoms with E-state index in [0.29, 0.717) is 55.3 Å². The van der Waals surface area contributed by atoms with Gasteiger partial charge in [0.25, 0.3) is 5.91 Å². The normalized spacial score (nSPS) is 15.4. The Balaban J connectivity index is 1.71. The number of aromatic nitrogens is 3. The van der Waals surface area contributed by atoms with E-state index in [1.165, 1.54) is 0 Å². The van der Waals surface area contributed by atoms with Gasteiger partial charge in [0.05, 0.1) is 36.5 Å². The van der Waals surface area contributed by atoms with Crippen molar-refractivity contribution in [3.8, 4) is 0 Å². The minimum atomic E-state index is -1.09. The zero-order valence-electron chi connectivity index (χ0n) is 27.5. The van der Waals surface area contributed by atoms with E-state index in [9.17, 15) is 14.4 Å². The third-order valence-corrected chi connectivity index (χ3v) is 8.17. The number of anilines is 1. The number of hydrogen-bond donors (Lipinski definition) is 1. The van der Waals surface area contributed by atoms with Crippen molar-refractivity contribution in [2.45, 2.75) is 78.1 Å². The Bertz CT molecular complexity index is 1590. The molecule has 0 aliphatic carbocycles. The SMILES string of the molecule is C=CCOC1(C)CCN(c2c(C(OC(C)(C)C)C(=O)OCC)c(C)nc3cc(C(=O)NCC(=O)Cc4cccc(Br)c4)nn23)CC1. The van der Waals surface area contributed by atoms with Crippen LogP contribution in [0.4, 0.5) is 5.82 Å². The average Bonchev–Trinajstić information content (AvgIpc) is 3.41. The number of rotatable bonds is 13. The zero-order valence-corrected chi connectivity index (χ0v) is 29.1. The predicted molar refractivity (Wildman–Crippen MR) is 179 cm³/mol. The molecule has 12 heteroatoms. The molecule has 1 atom stereocenters. The average molecular weight is 699 g/mol. The molecule has 0 radical (unpaired) electrons. The largest absolute Gasteiger partial charge is 0.464 e. The van der Waals surface area contributed by atoms with Crippen LogP contribution >= 0.6 is 15.9 Å². The van der Waals surface area contributed by atoms with E-state index in [2.05, 4.69) is 44.7 Å². The molecule has 11 nitrogen and oxygen atoms in total. The Kier molecular flexibility index (Phi) is 11.4. The summed E-state index contributed by atoms with van der Waals surface area (Å²) in [6.07, 6.45) is 2.26. The third kappa shape index (κ3) is 8.80. The summed E-state index contributed by atoms with van der Waals surface area (Å²) in [5.41, 5.74) is 1.42. The van der Waals surface area contributed by atoms with Crippen molar-refractivity contribution in [3.63, 3.8) is 0 Å². The smallest absolute Gasteiger partial charge is 0.340 e. The fraction of sp³-hybridized carbons (Fsp3) is 0.500. The molecule has 0 spiro atoms. The highest BCUT2D eigenvalue weighted by molar-refractivity contribution is 9.10. The second-order valence-electron chi connectivity index (χ2n) is 12.7. The number of benzene rings is 1. The summed E-state index contributed by atoms with van der Waals surface area (Å²) in [5, 5.41) is 7.37. The highest BCUT2D eigenvalue weighted by atomic mass is 79.9. The number of fused-ring (bicyclic) bond motifs is 1. The topological polar surface area (TPSA) is 124 Å². The number of nitrogens with zero attached hydrogens (tertiary/aromatic N) is 4. The molecule has 0 saturated carbocycles. The number of aryl methyl sites for hydroxylation is 1. The summed E-state index contributed by atoms with van der Waals surface area (Å²) in [6.45, 7) is 16.7. The van der Waals surface area contributed by atoms with Crippen LogP contribution in [0.25, 0.3) is 5.65 Å². The van der Waals surface area contributed by atoms with Gasteiger partial charge in [0.15, 0.2) is 23.2 Å². The molecular weight excluding hydrogens is 654 g/mol. The molecule has 1 aliphatic heterocycles. The number of ether oxygens (including phenoxy) is 3. The van der Waals surface area contributed by atoms with Crippen LogP contribution in [0.2, 0.25) is 0 Å². The lowest BCUT2D eigenvalue weighted by atomic mass is 9.92. The van der Waals surface area contributed by atoms with Gasteiger partial charge in [-0.05, 0) is 72.1 Å². The molecule has 3 heterocycles. The quantitative estimate of drug-likeness (QED) is 0.187. The standard InChI is InChI=1S/C34H44BrN5O6/c1-8-17-45-34(7)13-15-39(16-14-34)31-28(29(32(43)44-9-2)46-33(4,5)6)22(3)37-27-20-26(38-40(27)31)30(42)36-21-25(41)19-23-11-10-12-24(35)18-23/h8,10-12,18,20,29H,1,9,13-17,19,21H2,2-7H3,(H,36,42). The van der Waals surface area contributed by atoms with Gasteiger partial charge in [-0.1, -0.05) is 34.1 Å². The first-order valence-corrected chi connectivity index (χ1v) is 16.3. The third-order valence-electron chi connectivity index (χ3n) is 7.68. The van der Waals surface area contributed by atoms with Crippen LogP contribution in [0.15, 0.2) is 47.5 Å². The van der Waals surface area contributed by atoms with Gasteiger partial charge in [-0.25, -0.2) is 9.78 Å². The maximum absolute atomic E-state index is 13.4. The summed E-state index contributed by atoms with van der Waals surface area (Å²) >= 11 is 3.42. The summed E-state index contributed by atoms with van der Waals surface area (Å²) in [6, 6.07) is 9.06. The molecule has 1 N–H and O–H groups in total. The fourth-order valence-electron chi connectivity index (χ4n) is 5.44. The Labute approximate surface area is 278 Å². The Morgan fingerprint density at radius 2 is 1.91 bits per heavy atom. The molecule has 248 valence electrons. The first-order chi connectivity index (χ1) is 21.7. The van der Waals surface area contributed by atoms with Crippen molar-refractivity contribution in [1.82, 2.24) is 19.9 Å². The van der Waals surface area contributed by atoms with Crippen LogP contribution in [-0.2, 0) is 30.2 Å². The number of halogens is 1. The molecule has 1 aliphatic rings. The fourth-order valence-corrected chi connectivity index (χ4v) is 5.88. The van der Waals surface area contributed by atoms with Crippen LogP contribution in [-0.4, -0.2) is 76.3 Å². The molecule has 1 amide bonds. The molecular formula is C34H44BrN5O6. The molecule has 4 rings (SSSR count). The number of amides is 1. The van der Waals surface area contributed by atoms with Gasteiger partial charge in [-0.15, -0.1) is 6.58 Å². The van der Waals surface area contributed by atoms with Gasteiger partial charge >= 0.3 is 5.97 Å². The number of carbonyl (C=O) groups excluding carboxylic acids is 3. The van der Waals surface area contributed by atoms with Crippen molar-refractivity contribution >= 4 is 45.1 Å². The van der Waals surface area contributed by atoms with Crippen molar-refractivity contribution in [1.29, 1.82) is 0 Å². The minimum absolute atomic E-state index is 0.0983. The van der Waals surface area contributed by atoms with Gasteiger partial charge in [0.1, 0.15) is 5.82 Å². The van der Waals surface area contributed by atoms with Crippen molar-refractivity contribution < 1.29 is 28.6 Å². The van der Waals surface area contributed by atoms with Gasteiger partial charge < -0.3 is 24.4 Å². The maximum atomic E-state index is 13.4. The highest BCUT2D eigenvalue weighted by Crippen LogP contribution is 2.38. The zero-order chi connectivity index (χ0) is 33.6. The summed E-state index contributed by atoms with van der Waals surface area (Å²) in [7, 11) is 0. The lowest BCUT2D eigenvalue weighted by molar-refractivity contribution is -0.167. The number of carbonyl (C=O) groups is 3. The number of piperidine rings is 1. The van der Waals surface area contributed by atoms with Gasteiger partial charge in [0, 0.05) is 35.7 Å². The number of nitrogens with one attached hydrogen (secondary N) is 1. The number of Topliss-reactive ketones (excluding diaryl/α,β-unsaturated/α-hetero) is 1. The second-order valence-corrected chi connectivity index (χ2v) is 13.6. The van der Waals surface area contributed by atoms with Crippen LogP contribution in [0, 0.1) is 6.92 Å². The number of ketones is 1. The van der Waals surface area contributed by atoms with E-state index < -0.39 is 23.6 Å². The molecule has 2 aromatic heterocycles. The maximum Gasteiger partial charge on any atom is 0.340 e. The van der Waals surface area contributed by atoms with Crippen molar-refractivity contribution in [3.05, 3.63) is 70.0 Å². The first kappa shape index (κ1) is 35.2. The minimum Gasteiger partial charge on any atom is -0.464 e. The van der Waals surface area contributed by atoms with Gasteiger partial charge in [-0.3, -0.25) is 9.59 Å². The molecule has 1 fully saturated rings. The summed E-state index contributed by atoms with van der Waals surface area (Å²) < 4.78 is 20.4. The Hall–Kier alpha value is -3.61. The number of esters is 1. The molecule has 0 bridgehead atoms. The van der Waals surface area contributed by atoms with E-state index in [1.807, 2.05) is 52.0 Å². The van der Waals surface area contributed by atoms with Gasteiger partial charge in [0.2, 0.25) is 0 Å². The lowest BCUT2D eigenvalue weighted by Gasteiger charge is -2.41. The molecule has 1 unspecified atom stereocenters. The van der Waals surface area contributed by atoms with Gasteiger partial charge in [-0.2, -0.15) is 9.61 Å². The molecule has 3 aromatic rings. The molecule has 46 heavy (non-hydrogen) atoms. The van der Waals surface area contributed by atoms with E-state index in [-0.39, 0.29) is 36.7 Å². The van der Waals surface area contributed by atoms with Crippen LogP contribution in [0.3, 0.4) is 0 Å². The van der Waals surface area contributed by atoms with Crippen molar-refractivity contribution in [2.24, 2.45) is 0 Å². The number of hydrogen-bond acceptors (Lipinski definition) is 9. The van der Waals surface area contributed by atoms with Crippen LogP contribution in [0.5, 0.6) is 0 Å². The lowest BCUT2D eigenvalue weighted by Crippen LogP contribution is -2.45. The monoisotopic (exact) mass is 697 g/mol. The van der Waals surface area contributed by atoms with E-state index in [1.54, 1.807) is 23.6 Å². The van der Waals surface area contributed by atoms with Crippen LogP contribution in [0.1, 0.15) is 80.9 Å². The molecule has 1 saturated heterocycles. The van der Waals surface area contributed by atoms with E-state index in [0.717, 1.165) is 10.0 Å². The first-order valence-electron chi connectivity index (χ1n) is 15.5. The predicted octanol–water partition coefficient (Wildman–Crippen LogP) is 5.32. The van der Waals surface area contributed by atoms with Crippen LogP contribution < -0.4 is 10.2 Å². The van der Waals surface area contributed by atoms with E-state index in [4.69, 9.17) is 19.2 Å².